The van der Waals surface area contributed by atoms with Gasteiger partial charge in [-0.25, -0.2) is 0 Å². The Kier molecular flexibility index (Phi) is 3.02. The van der Waals surface area contributed by atoms with Crippen molar-refractivity contribution in [3.63, 3.8) is 0 Å². The number of nitrogens with zero attached hydrogens (tertiary/aromatic N) is 1. The second-order valence-electron chi connectivity index (χ2n) is 4.23. The van der Waals surface area contributed by atoms with Gasteiger partial charge in [-0.15, -0.1) is 0 Å². The molecule has 19 heavy (non-hydrogen) atoms. The van der Waals surface area contributed by atoms with Crippen molar-refractivity contribution in [2.45, 2.75) is 5.72 Å². The molecule has 0 fully saturated rings. The fraction of sp³-hybridized carbons (Fsp3) is 0.0625. The van der Waals surface area contributed by atoms with E-state index in [0.717, 1.165) is 11.4 Å². The minimum Gasteiger partial charge on any atom is -0.459 e. The Hall–Kier alpha value is -2.55. The lowest BCUT2D eigenvalue weighted by Crippen LogP contribution is -2.44. The van der Waals surface area contributed by atoms with Gasteiger partial charge in [-0.3, -0.25) is 4.98 Å². The third-order valence-electron chi connectivity index (χ3n) is 2.90. The van der Waals surface area contributed by atoms with Gasteiger partial charge in [-0.05, 0) is 36.4 Å². The highest BCUT2D eigenvalue weighted by Crippen LogP contribution is 2.27. The second-order valence-corrected chi connectivity index (χ2v) is 4.23. The van der Waals surface area contributed by atoms with Crippen LogP contribution in [0.15, 0.2) is 79.2 Å². The zero-order valence-electron chi connectivity index (χ0n) is 10.4. The van der Waals surface area contributed by atoms with Crippen LogP contribution >= 0.6 is 0 Å². The number of rotatable bonds is 3. The monoisotopic (exact) mass is 250 g/mol. The molecule has 0 aliphatic carbocycles. The van der Waals surface area contributed by atoms with E-state index in [1.54, 1.807) is 6.20 Å². The number of benzene rings is 1. The number of ether oxygens (including phenoxy) is 1. The Bertz CT molecular complexity index is 593. The molecule has 1 aliphatic heterocycles. The molecule has 0 saturated carbocycles. The third kappa shape index (κ3) is 2.36. The van der Waals surface area contributed by atoms with Gasteiger partial charge in [0.15, 0.2) is 0 Å². The van der Waals surface area contributed by atoms with Crippen LogP contribution in [0.25, 0.3) is 0 Å². The van der Waals surface area contributed by atoms with E-state index in [4.69, 9.17) is 4.74 Å². The number of hydrogen-bond acceptors (Lipinski definition) is 3. The van der Waals surface area contributed by atoms with Crippen molar-refractivity contribution in [2.75, 3.05) is 0 Å². The predicted molar refractivity (Wildman–Crippen MR) is 74.4 cm³/mol. The number of pyridine rings is 1. The van der Waals surface area contributed by atoms with Crippen molar-refractivity contribution in [3.8, 4) is 5.75 Å². The molecule has 2 aromatic rings. The first-order valence-corrected chi connectivity index (χ1v) is 6.17. The summed E-state index contributed by atoms with van der Waals surface area (Å²) in [6.45, 7) is 0. The number of nitrogens with one attached hydrogen (secondary N) is 1. The van der Waals surface area contributed by atoms with Gasteiger partial charge in [0.05, 0.1) is 0 Å². The number of hydrogen-bond donors (Lipinski definition) is 1. The summed E-state index contributed by atoms with van der Waals surface area (Å²) in [5, 5.41) is 3.25. The molecule has 1 unspecified atom stereocenters. The quantitative estimate of drug-likeness (QED) is 0.909. The molecule has 3 nitrogen and oxygen atoms in total. The van der Waals surface area contributed by atoms with Gasteiger partial charge < -0.3 is 10.1 Å². The van der Waals surface area contributed by atoms with Crippen LogP contribution < -0.4 is 10.1 Å². The third-order valence-corrected chi connectivity index (χ3v) is 2.90. The van der Waals surface area contributed by atoms with Crippen LogP contribution in [0.3, 0.4) is 0 Å². The van der Waals surface area contributed by atoms with Crippen molar-refractivity contribution in [1.82, 2.24) is 10.3 Å². The summed E-state index contributed by atoms with van der Waals surface area (Å²) in [6.07, 6.45) is 9.46. The van der Waals surface area contributed by atoms with Crippen LogP contribution in [0, 0.1) is 0 Å². The first kappa shape index (κ1) is 11.5. The Labute approximate surface area is 112 Å². The van der Waals surface area contributed by atoms with E-state index in [1.807, 2.05) is 73.0 Å². The highest BCUT2D eigenvalue weighted by molar-refractivity contribution is 5.30. The summed E-state index contributed by atoms with van der Waals surface area (Å²) < 4.78 is 6.12. The van der Waals surface area contributed by atoms with E-state index in [2.05, 4.69) is 10.3 Å². The molecule has 94 valence electrons. The molecule has 1 aliphatic rings. The van der Waals surface area contributed by atoms with Crippen LogP contribution in [-0.4, -0.2) is 4.98 Å². The summed E-state index contributed by atoms with van der Waals surface area (Å²) >= 11 is 0. The van der Waals surface area contributed by atoms with E-state index >= 15 is 0 Å². The van der Waals surface area contributed by atoms with Crippen molar-refractivity contribution >= 4 is 0 Å². The molecule has 1 aromatic heterocycles. The largest absolute Gasteiger partial charge is 0.459 e. The van der Waals surface area contributed by atoms with Crippen LogP contribution in [0.4, 0.5) is 0 Å². The highest BCUT2D eigenvalue weighted by atomic mass is 16.5. The lowest BCUT2D eigenvalue weighted by molar-refractivity contribution is 0.0899. The Morgan fingerprint density at radius 3 is 2.47 bits per heavy atom. The molecule has 2 heterocycles. The van der Waals surface area contributed by atoms with Crippen LogP contribution in [-0.2, 0) is 5.72 Å². The standard InChI is InChI=1S/C16H14N2O/c1-2-8-14(9-3-1)19-16(11-5-7-13-18-16)15-10-4-6-12-17-15/h1-13,18H. The SMILES string of the molecule is C1=CNC(Oc2ccccc2)(c2ccccn2)C=C1. The molecule has 0 radical (unpaired) electrons. The van der Waals surface area contributed by atoms with E-state index < -0.39 is 5.72 Å². The molecular weight excluding hydrogens is 236 g/mol. The van der Waals surface area contributed by atoms with E-state index in [9.17, 15) is 0 Å². The topological polar surface area (TPSA) is 34.1 Å². The van der Waals surface area contributed by atoms with Gasteiger partial charge in [0, 0.05) is 12.4 Å². The molecule has 3 rings (SSSR count). The fourth-order valence-corrected chi connectivity index (χ4v) is 2.00. The first-order valence-electron chi connectivity index (χ1n) is 6.17. The Balaban J connectivity index is 1.99. The number of aromatic nitrogens is 1. The summed E-state index contributed by atoms with van der Waals surface area (Å²) in [4.78, 5) is 4.40. The maximum absolute atomic E-state index is 6.12. The predicted octanol–water partition coefficient (Wildman–Crippen LogP) is 2.99. The van der Waals surface area contributed by atoms with Gasteiger partial charge in [0.1, 0.15) is 11.4 Å². The highest BCUT2D eigenvalue weighted by Gasteiger charge is 2.33. The fourth-order valence-electron chi connectivity index (χ4n) is 2.00. The maximum Gasteiger partial charge on any atom is 0.243 e. The molecule has 3 heteroatoms. The smallest absolute Gasteiger partial charge is 0.243 e. The lowest BCUT2D eigenvalue weighted by Gasteiger charge is -2.32. The summed E-state index contributed by atoms with van der Waals surface area (Å²) in [5.74, 6) is 0.792. The maximum atomic E-state index is 6.12. The van der Waals surface area contributed by atoms with Gasteiger partial charge >= 0.3 is 0 Å². The molecule has 0 bridgehead atoms. The molecule has 1 atom stereocenters. The van der Waals surface area contributed by atoms with E-state index in [-0.39, 0.29) is 0 Å². The van der Waals surface area contributed by atoms with Crippen molar-refractivity contribution < 1.29 is 4.74 Å². The molecule has 1 aromatic carbocycles. The van der Waals surface area contributed by atoms with Crippen molar-refractivity contribution in [1.29, 1.82) is 0 Å². The zero-order chi connectivity index (χ0) is 13.0. The van der Waals surface area contributed by atoms with Crippen molar-refractivity contribution in [3.05, 3.63) is 84.8 Å². The number of para-hydroxylation sites is 1. The van der Waals surface area contributed by atoms with Crippen LogP contribution in [0.1, 0.15) is 5.69 Å². The average Bonchev–Trinajstić information content (AvgIpc) is 2.50. The summed E-state index contributed by atoms with van der Waals surface area (Å²) in [5.41, 5.74) is 0.0663. The first-order chi connectivity index (χ1) is 9.39. The zero-order valence-corrected chi connectivity index (χ0v) is 10.4. The van der Waals surface area contributed by atoms with E-state index in [1.165, 1.54) is 0 Å². The molecule has 0 spiro atoms. The summed E-state index contributed by atoms with van der Waals surface area (Å²) in [6, 6.07) is 15.5. The van der Waals surface area contributed by atoms with Gasteiger partial charge in [-0.2, -0.15) is 0 Å². The Morgan fingerprint density at radius 2 is 1.79 bits per heavy atom. The average molecular weight is 250 g/mol. The van der Waals surface area contributed by atoms with Crippen LogP contribution in [0.5, 0.6) is 5.75 Å². The Morgan fingerprint density at radius 1 is 0.947 bits per heavy atom. The normalized spacial score (nSPS) is 20.8. The lowest BCUT2D eigenvalue weighted by atomic mass is 10.1. The molecule has 0 saturated heterocycles. The number of allylic oxidation sites excluding steroid dienone is 2. The van der Waals surface area contributed by atoms with E-state index in [0.29, 0.717) is 0 Å². The minimum atomic E-state index is -0.753. The minimum absolute atomic E-state index is 0.753. The second kappa shape index (κ2) is 4.98. The van der Waals surface area contributed by atoms with Gasteiger partial charge in [-0.1, -0.05) is 30.3 Å². The molecule has 0 amide bonds. The summed E-state index contributed by atoms with van der Waals surface area (Å²) in [7, 11) is 0. The van der Waals surface area contributed by atoms with Gasteiger partial charge in [0.25, 0.3) is 0 Å². The molecule has 1 N–H and O–H groups in total. The molecular formula is C16H14N2O. The van der Waals surface area contributed by atoms with Gasteiger partial charge in [0.2, 0.25) is 5.72 Å². The number of dihydropyridines is 1. The van der Waals surface area contributed by atoms with Crippen molar-refractivity contribution in [2.24, 2.45) is 0 Å². The van der Waals surface area contributed by atoms with Crippen LogP contribution in [0.2, 0.25) is 0 Å².